The van der Waals surface area contributed by atoms with Gasteiger partial charge < -0.3 is 4.57 Å². The van der Waals surface area contributed by atoms with Crippen molar-refractivity contribution < 1.29 is 4.39 Å². The van der Waals surface area contributed by atoms with Gasteiger partial charge in [0.1, 0.15) is 11.6 Å². The third-order valence-electron chi connectivity index (χ3n) is 3.78. The van der Waals surface area contributed by atoms with E-state index >= 15 is 0 Å². The molecule has 2 aromatic rings. The summed E-state index contributed by atoms with van der Waals surface area (Å²) >= 11 is 13.9. The summed E-state index contributed by atoms with van der Waals surface area (Å²) in [6.45, 7) is 3.10. The van der Waals surface area contributed by atoms with Gasteiger partial charge >= 0.3 is 0 Å². The highest BCUT2D eigenvalue weighted by atomic mass is 35.5. The van der Waals surface area contributed by atoms with E-state index in [1.807, 2.05) is 11.8 Å². The van der Waals surface area contributed by atoms with E-state index in [1.165, 1.54) is 24.7 Å². The van der Waals surface area contributed by atoms with Crippen molar-refractivity contribution in [2.24, 2.45) is 0 Å². The Kier molecular flexibility index (Phi) is 3.91. The minimum atomic E-state index is -0.439. The summed E-state index contributed by atoms with van der Waals surface area (Å²) < 4.78 is 15.8. The summed E-state index contributed by atoms with van der Waals surface area (Å²) in [5.41, 5.74) is 1.48. The van der Waals surface area contributed by atoms with E-state index < -0.39 is 5.82 Å². The first-order valence-electron chi connectivity index (χ1n) is 6.56. The third-order valence-corrected chi connectivity index (χ3v) is 5.83. The molecule has 1 aliphatic rings. The number of nitrogens with zero attached hydrogens (tertiary/aromatic N) is 2. The molecule has 0 bridgehead atoms. The van der Waals surface area contributed by atoms with Crippen molar-refractivity contribution in [1.82, 2.24) is 9.55 Å². The lowest BCUT2D eigenvalue weighted by Gasteiger charge is -2.24. The van der Waals surface area contributed by atoms with Gasteiger partial charge in [-0.25, -0.2) is 9.37 Å². The molecule has 1 unspecified atom stereocenters. The molecule has 1 atom stereocenters. The first-order valence-corrected chi connectivity index (χ1v) is 8.46. The van der Waals surface area contributed by atoms with Gasteiger partial charge in [-0.15, -0.1) is 11.6 Å². The van der Waals surface area contributed by atoms with E-state index in [0.717, 1.165) is 17.9 Å². The fourth-order valence-electron chi connectivity index (χ4n) is 2.74. The van der Waals surface area contributed by atoms with Gasteiger partial charge in [0.25, 0.3) is 0 Å². The average molecular weight is 333 g/mol. The van der Waals surface area contributed by atoms with Gasteiger partial charge in [0.15, 0.2) is 0 Å². The molecule has 3 rings (SSSR count). The molecular formula is C14H15Cl2FN2S. The van der Waals surface area contributed by atoms with E-state index in [1.54, 1.807) is 6.07 Å². The Hall–Kier alpha value is -0.450. The van der Waals surface area contributed by atoms with Crippen LogP contribution in [0.2, 0.25) is 5.02 Å². The van der Waals surface area contributed by atoms with Crippen molar-refractivity contribution in [3.05, 3.63) is 28.8 Å². The third kappa shape index (κ3) is 2.53. The summed E-state index contributed by atoms with van der Waals surface area (Å²) in [7, 11) is 0. The van der Waals surface area contributed by atoms with E-state index in [0.29, 0.717) is 11.4 Å². The molecule has 2 heterocycles. The van der Waals surface area contributed by atoms with Crippen molar-refractivity contribution in [2.45, 2.75) is 36.9 Å². The number of thioether (sulfide) groups is 1. The zero-order valence-corrected chi connectivity index (χ0v) is 13.5. The molecule has 1 aliphatic heterocycles. The molecule has 0 spiro atoms. The van der Waals surface area contributed by atoms with Crippen LogP contribution in [0.25, 0.3) is 11.0 Å². The topological polar surface area (TPSA) is 17.8 Å². The van der Waals surface area contributed by atoms with Gasteiger partial charge in [-0.1, -0.05) is 11.6 Å². The van der Waals surface area contributed by atoms with Gasteiger partial charge in [-0.2, -0.15) is 11.8 Å². The van der Waals surface area contributed by atoms with Crippen LogP contribution in [0.4, 0.5) is 4.39 Å². The number of hydrogen-bond acceptors (Lipinski definition) is 2. The van der Waals surface area contributed by atoms with Crippen LogP contribution in [0.3, 0.4) is 0 Å². The van der Waals surface area contributed by atoms with Gasteiger partial charge in [0.2, 0.25) is 0 Å². The lowest BCUT2D eigenvalue weighted by atomic mass is 10.1. The van der Waals surface area contributed by atoms with Gasteiger partial charge in [0.05, 0.1) is 21.9 Å². The smallest absolute Gasteiger partial charge is 0.144 e. The molecule has 2 nitrogen and oxygen atoms in total. The van der Waals surface area contributed by atoms with Crippen LogP contribution in [0, 0.1) is 5.82 Å². The van der Waals surface area contributed by atoms with Crippen molar-refractivity contribution >= 4 is 46.0 Å². The number of benzene rings is 1. The molecule has 6 heteroatoms. The summed E-state index contributed by atoms with van der Waals surface area (Å²) in [5, 5.41) is 0.129. The van der Waals surface area contributed by atoms with E-state index in [-0.39, 0.29) is 9.77 Å². The SMILES string of the molecule is CC1(Cn2c(CCl)nc3cc(F)c(Cl)cc32)CCCS1. The highest BCUT2D eigenvalue weighted by Gasteiger charge is 2.31. The molecule has 0 aliphatic carbocycles. The highest BCUT2D eigenvalue weighted by Crippen LogP contribution is 2.40. The van der Waals surface area contributed by atoms with E-state index in [4.69, 9.17) is 23.2 Å². The maximum Gasteiger partial charge on any atom is 0.144 e. The summed E-state index contributed by atoms with van der Waals surface area (Å²) in [5.74, 6) is 1.84. The Bertz CT molecular complexity index is 650. The average Bonchev–Trinajstić information content (AvgIpc) is 2.96. The van der Waals surface area contributed by atoms with Crippen LogP contribution >= 0.6 is 35.0 Å². The Balaban J connectivity index is 2.10. The van der Waals surface area contributed by atoms with Crippen molar-refractivity contribution in [3.8, 4) is 0 Å². The van der Waals surface area contributed by atoms with Crippen LogP contribution in [-0.4, -0.2) is 20.1 Å². The molecule has 1 aromatic carbocycles. The van der Waals surface area contributed by atoms with Crippen LogP contribution in [0.15, 0.2) is 12.1 Å². The van der Waals surface area contributed by atoms with Gasteiger partial charge in [-0.05, 0) is 31.6 Å². The molecule has 0 amide bonds. The Morgan fingerprint density at radius 3 is 2.95 bits per heavy atom. The Morgan fingerprint density at radius 2 is 2.30 bits per heavy atom. The predicted molar refractivity (Wildman–Crippen MR) is 84.4 cm³/mol. The minimum Gasteiger partial charge on any atom is -0.326 e. The maximum atomic E-state index is 13.6. The molecule has 1 fully saturated rings. The first kappa shape index (κ1) is 14.5. The number of fused-ring (bicyclic) bond motifs is 1. The number of hydrogen-bond donors (Lipinski definition) is 0. The zero-order chi connectivity index (χ0) is 14.3. The lowest BCUT2D eigenvalue weighted by molar-refractivity contribution is 0.510. The summed E-state index contributed by atoms with van der Waals surface area (Å²) in [6.07, 6.45) is 2.41. The minimum absolute atomic E-state index is 0.129. The Morgan fingerprint density at radius 1 is 1.50 bits per heavy atom. The molecule has 0 saturated carbocycles. The zero-order valence-electron chi connectivity index (χ0n) is 11.1. The monoisotopic (exact) mass is 332 g/mol. The van der Waals surface area contributed by atoms with Crippen LogP contribution in [-0.2, 0) is 12.4 Å². The molecular weight excluding hydrogens is 318 g/mol. The second-order valence-electron chi connectivity index (χ2n) is 5.40. The molecule has 20 heavy (non-hydrogen) atoms. The molecule has 1 aromatic heterocycles. The summed E-state index contributed by atoms with van der Waals surface area (Å²) in [4.78, 5) is 4.43. The number of alkyl halides is 1. The number of imidazole rings is 1. The molecule has 0 radical (unpaired) electrons. The van der Waals surface area contributed by atoms with Crippen LogP contribution < -0.4 is 0 Å². The second kappa shape index (κ2) is 5.39. The van der Waals surface area contributed by atoms with Crippen molar-refractivity contribution in [2.75, 3.05) is 5.75 Å². The normalized spacial score (nSPS) is 22.8. The second-order valence-corrected chi connectivity index (χ2v) is 7.76. The fourth-order valence-corrected chi connectivity index (χ4v) is 4.40. The predicted octanol–water partition coefficient (Wildman–Crippen LogP) is 4.85. The van der Waals surface area contributed by atoms with E-state index in [9.17, 15) is 4.39 Å². The van der Waals surface area contributed by atoms with Crippen molar-refractivity contribution in [3.63, 3.8) is 0 Å². The van der Waals surface area contributed by atoms with E-state index in [2.05, 4.69) is 16.5 Å². The number of rotatable bonds is 3. The van der Waals surface area contributed by atoms with Gasteiger partial charge in [-0.3, -0.25) is 0 Å². The molecule has 108 valence electrons. The van der Waals surface area contributed by atoms with Gasteiger partial charge in [0, 0.05) is 17.4 Å². The molecule has 0 N–H and O–H groups in total. The maximum absolute atomic E-state index is 13.6. The standard InChI is InChI=1S/C14H15Cl2FN2S/c1-14(3-2-4-20-14)8-19-12-5-9(16)10(17)6-11(12)18-13(19)7-15/h5-6H,2-4,7-8H2,1H3. The molecule has 1 saturated heterocycles. The van der Waals surface area contributed by atoms with Crippen LogP contribution in [0.5, 0.6) is 0 Å². The number of halogens is 3. The highest BCUT2D eigenvalue weighted by molar-refractivity contribution is 8.00. The van der Waals surface area contributed by atoms with Crippen LogP contribution in [0.1, 0.15) is 25.6 Å². The quantitative estimate of drug-likeness (QED) is 0.747. The first-order chi connectivity index (χ1) is 9.52. The largest absolute Gasteiger partial charge is 0.326 e. The summed E-state index contributed by atoms with van der Waals surface area (Å²) in [6, 6.07) is 3.03. The fraction of sp³-hybridized carbons (Fsp3) is 0.500. The van der Waals surface area contributed by atoms with Crippen molar-refractivity contribution in [1.29, 1.82) is 0 Å². The number of aromatic nitrogens is 2. The lowest BCUT2D eigenvalue weighted by Crippen LogP contribution is -2.24. The Labute approximate surface area is 131 Å².